The lowest BCUT2D eigenvalue weighted by atomic mass is 10.0. The predicted octanol–water partition coefficient (Wildman–Crippen LogP) is 13.1. The van der Waals surface area contributed by atoms with E-state index < -0.39 is 0 Å². The van der Waals surface area contributed by atoms with Crippen LogP contribution in [0.15, 0.2) is 176 Å². The summed E-state index contributed by atoms with van der Waals surface area (Å²) in [5.74, 6) is 0. The van der Waals surface area contributed by atoms with Gasteiger partial charge in [-0.1, -0.05) is 103 Å². The van der Waals surface area contributed by atoms with Gasteiger partial charge in [-0.05, 0) is 83.9 Å². The van der Waals surface area contributed by atoms with Crippen molar-refractivity contribution in [1.82, 2.24) is 13.7 Å². The summed E-state index contributed by atoms with van der Waals surface area (Å²) < 4.78 is 6.86. The first-order chi connectivity index (χ1) is 27.2. The van der Waals surface area contributed by atoms with Crippen LogP contribution in [-0.4, -0.2) is 13.7 Å². The zero-order valence-electron chi connectivity index (χ0n) is 29.5. The fourth-order valence-electron chi connectivity index (χ4n) is 8.68. The lowest BCUT2D eigenvalue weighted by Gasteiger charge is -2.14. The Balaban J connectivity index is 1.05. The van der Waals surface area contributed by atoms with Crippen LogP contribution in [-0.2, 0) is 0 Å². The van der Waals surface area contributed by atoms with E-state index in [2.05, 4.69) is 164 Å². The van der Waals surface area contributed by atoms with Crippen molar-refractivity contribution in [2.45, 2.75) is 0 Å². The standard InChI is InChI=1S/C50H29N5/c1-52-44-29-35(23-26-37(44)33-19-21-34(22-20-33)53-45-14-6-4-12-40(45)42-25-18-32(31-51)28-49(42)53)55-48-17-9-5-13-41(48)43-27-24-36(30-50(43)55)54-46-15-7-2-10-38(46)39-11-3-8-16-47(39)54/h2-30H. The predicted molar refractivity (Wildman–Crippen MR) is 226 cm³/mol. The first-order valence-corrected chi connectivity index (χ1v) is 18.3. The van der Waals surface area contributed by atoms with E-state index in [0.29, 0.717) is 11.3 Å². The van der Waals surface area contributed by atoms with Crippen molar-refractivity contribution in [3.63, 3.8) is 0 Å². The molecule has 3 aromatic heterocycles. The zero-order chi connectivity index (χ0) is 36.6. The molecular formula is C50H29N5. The van der Waals surface area contributed by atoms with Crippen LogP contribution in [0, 0.1) is 17.9 Å². The minimum atomic E-state index is 0.588. The number of rotatable bonds is 4. The maximum atomic E-state index is 9.66. The third-order valence-electron chi connectivity index (χ3n) is 11.1. The van der Waals surface area contributed by atoms with Gasteiger partial charge in [0.15, 0.2) is 5.69 Å². The first kappa shape index (κ1) is 30.7. The fourth-order valence-corrected chi connectivity index (χ4v) is 8.68. The molecule has 0 amide bonds. The number of fused-ring (bicyclic) bond motifs is 9. The van der Waals surface area contributed by atoms with Crippen molar-refractivity contribution in [2.75, 3.05) is 0 Å². The zero-order valence-corrected chi connectivity index (χ0v) is 29.5. The third-order valence-corrected chi connectivity index (χ3v) is 11.1. The number of hydrogen-bond donors (Lipinski definition) is 0. The SMILES string of the molecule is [C-]#[N+]c1cc(-n2c3ccccc3c3ccc(-n4c5ccccc5c5ccccc54)cc32)ccc1-c1ccc(-n2c3ccccc3c3ccc(C#N)cc32)cc1. The molecule has 0 N–H and O–H groups in total. The van der Waals surface area contributed by atoms with Gasteiger partial charge in [0, 0.05) is 49.4 Å². The van der Waals surface area contributed by atoms with Gasteiger partial charge in [-0.25, -0.2) is 4.85 Å². The van der Waals surface area contributed by atoms with E-state index in [1.54, 1.807) is 0 Å². The average molecular weight is 700 g/mol. The molecule has 0 spiro atoms. The molecule has 0 fully saturated rings. The molecule has 55 heavy (non-hydrogen) atoms. The van der Waals surface area contributed by atoms with E-state index in [-0.39, 0.29) is 0 Å². The highest BCUT2D eigenvalue weighted by Crippen LogP contribution is 2.40. The maximum Gasteiger partial charge on any atom is 0.196 e. The topological polar surface area (TPSA) is 42.9 Å². The summed E-state index contributed by atoms with van der Waals surface area (Å²) in [6.45, 7) is 8.32. The summed E-state index contributed by atoms with van der Waals surface area (Å²) in [6.07, 6.45) is 0. The molecule has 5 nitrogen and oxygen atoms in total. The van der Waals surface area contributed by atoms with E-state index in [1.165, 1.54) is 27.2 Å². The Labute approximate surface area is 316 Å². The van der Waals surface area contributed by atoms with Gasteiger partial charge in [0.1, 0.15) is 0 Å². The van der Waals surface area contributed by atoms with E-state index in [0.717, 1.165) is 66.4 Å². The Hall–Kier alpha value is -7.86. The molecule has 11 rings (SSSR count). The number of aromatic nitrogens is 3. The van der Waals surface area contributed by atoms with Crippen molar-refractivity contribution in [3.05, 3.63) is 193 Å². The number of benzene rings is 8. The highest BCUT2D eigenvalue weighted by molar-refractivity contribution is 6.12. The summed E-state index contributed by atoms with van der Waals surface area (Å²) in [7, 11) is 0. The van der Waals surface area contributed by atoms with Crippen molar-refractivity contribution in [2.24, 2.45) is 0 Å². The molecular weight excluding hydrogens is 671 g/mol. The van der Waals surface area contributed by atoms with Crippen LogP contribution in [0.25, 0.3) is 98.5 Å². The Morgan fingerprint density at radius 3 is 1.36 bits per heavy atom. The van der Waals surface area contributed by atoms with Gasteiger partial charge in [0.05, 0.1) is 51.3 Å². The molecule has 0 aliphatic carbocycles. The van der Waals surface area contributed by atoms with Crippen molar-refractivity contribution in [3.8, 4) is 34.3 Å². The van der Waals surface area contributed by atoms with Gasteiger partial charge in [-0.2, -0.15) is 5.26 Å². The minimum absolute atomic E-state index is 0.588. The van der Waals surface area contributed by atoms with Crippen molar-refractivity contribution in [1.29, 1.82) is 5.26 Å². The van der Waals surface area contributed by atoms with E-state index in [4.69, 9.17) is 6.57 Å². The van der Waals surface area contributed by atoms with Crippen LogP contribution in [0.4, 0.5) is 5.69 Å². The smallest absolute Gasteiger partial charge is 0.196 e. The molecule has 0 aliphatic heterocycles. The summed E-state index contributed by atoms with van der Waals surface area (Å²) >= 11 is 0. The largest absolute Gasteiger partial charge is 0.310 e. The second kappa shape index (κ2) is 11.8. The lowest BCUT2D eigenvalue weighted by molar-refractivity contribution is 1.16. The summed E-state index contributed by atoms with van der Waals surface area (Å²) in [5.41, 5.74) is 12.7. The van der Waals surface area contributed by atoms with Gasteiger partial charge in [-0.15, -0.1) is 0 Å². The maximum absolute atomic E-state index is 9.66. The minimum Gasteiger partial charge on any atom is -0.310 e. The average Bonchev–Trinajstić information content (AvgIpc) is 3.88. The fraction of sp³-hybridized carbons (Fsp3) is 0. The number of nitriles is 1. The van der Waals surface area contributed by atoms with Gasteiger partial charge in [0.2, 0.25) is 0 Å². The second-order valence-corrected chi connectivity index (χ2v) is 14.0. The van der Waals surface area contributed by atoms with E-state index >= 15 is 0 Å². The molecule has 0 aliphatic rings. The molecule has 0 saturated carbocycles. The van der Waals surface area contributed by atoms with Crippen molar-refractivity contribution >= 4 is 71.1 Å². The highest BCUT2D eigenvalue weighted by Gasteiger charge is 2.18. The van der Waals surface area contributed by atoms with Crippen LogP contribution in [0.2, 0.25) is 0 Å². The molecule has 0 bridgehead atoms. The summed E-state index contributed by atoms with van der Waals surface area (Å²) in [6, 6.07) is 63.5. The molecule has 254 valence electrons. The first-order valence-electron chi connectivity index (χ1n) is 18.3. The summed E-state index contributed by atoms with van der Waals surface area (Å²) in [4.78, 5) is 4.07. The molecule has 8 aromatic carbocycles. The van der Waals surface area contributed by atoms with Gasteiger partial charge >= 0.3 is 0 Å². The Morgan fingerprint density at radius 2 is 0.818 bits per heavy atom. The summed E-state index contributed by atoms with van der Waals surface area (Å²) in [5, 5.41) is 16.7. The normalized spacial score (nSPS) is 11.6. The highest BCUT2D eigenvalue weighted by atomic mass is 15.0. The van der Waals surface area contributed by atoms with Gasteiger partial charge < -0.3 is 13.7 Å². The molecule has 0 atom stereocenters. The van der Waals surface area contributed by atoms with Crippen molar-refractivity contribution < 1.29 is 0 Å². The second-order valence-electron chi connectivity index (χ2n) is 14.0. The molecule has 5 heteroatoms. The quantitative estimate of drug-likeness (QED) is 0.169. The molecule has 11 aromatic rings. The Kier molecular flexibility index (Phi) is 6.61. The Bertz CT molecular complexity index is 3400. The van der Waals surface area contributed by atoms with Crippen LogP contribution in [0.5, 0.6) is 0 Å². The van der Waals surface area contributed by atoms with Crippen LogP contribution in [0.3, 0.4) is 0 Å². The van der Waals surface area contributed by atoms with Gasteiger partial charge in [-0.3, -0.25) is 0 Å². The van der Waals surface area contributed by atoms with Gasteiger partial charge in [0.25, 0.3) is 0 Å². The molecule has 0 unspecified atom stereocenters. The Morgan fingerprint density at radius 1 is 0.400 bits per heavy atom. The molecule has 0 saturated heterocycles. The number of nitrogens with zero attached hydrogens (tertiary/aromatic N) is 5. The van der Waals surface area contributed by atoms with Crippen LogP contribution in [0.1, 0.15) is 5.56 Å². The van der Waals surface area contributed by atoms with E-state index in [1.807, 2.05) is 36.4 Å². The lowest BCUT2D eigenvalue weighted by Crippen LogP contribution is -1.97. The molecule has 0 radical (unpaired) electrons. The van der Waals surface area contributed by atoms with E-state index in [9.17, 15) is 5.26 Å². The number of hydrogen-bond acceptors (Lipinski definition) is 1. The third kappa shape index (κ3) is 4.51. The number of para-hydroxylation sites is 4. The monoisotopic (exact) mass is 699 g/mol. The van der Waals surface area contributed by atoms with Crippen LogP contribution < -0.4 is 0 Å². The van der Waals surface area contributed by atoms with Crippen LogP contribution >= 0.6 is 0 Å². The molecule has 3 heterocycles.